The third kappa shape index (κ3) is 7.49. The van der Waals surface area contributed by atoms with E-state index in [1.807, 2.05) is 72.8 Å². The summed E-state index contributed by atoms with van der Waals surface area (Å²) < 4.78 is 5.95. The van der Waals surface area contributed by atoms with Gasteiger partial charge in [-0.25, -0.2) is 0 Å². The Morgan fingerprint density at radius 2 is 1.58 bits per heavy atom. The average Bonchev–Trinajstić information content (AvgIpc) is 2.80. The van der Waals surface area contributed by atoms with Crippen molar-refractivity contribution in [1.82, 2.24) is 5.32 Å². The summed E-state index contributed by atoms with van der Waals surface area (Å²) in [5.74, 6) is 0.621. The maximum atomic E-state index is 13.4. The van der Waals surface area contributed by atoms with E-state index in [0.29, 0.717) is 35.8 Å². The monoisotopic (exact) mass is 445 g/mol. The second kappa shape index (κ2) is 11.9. The third-order valence-electron chi connectivity index (χ3n) is 5.36. The number of rotatable bonds is 11. The predicted molar refractivity (Wildman–Crippen MR) is 130 cm³/mol. The Morgan fingerprint density at radius 1 is 0.909 bits per heavy atom. The molecule has 1 unspecified atom stereocenters. The van der Waals surface area contributed by atoms with Gasteiger partial charge in [-0.1, -0.05) is 68.4 Å². The number of hydrogen-bond acceptors (Lipinski definition) is 3. The van der Waals surface area contributed by atoms with Crippen molar-refractivity contribution >= 4 is 11.9 Å². The molecule has 0 heterocycles. The lowest BCUT2D eigenvalue weighted by Gasteiger charge is -2.22. The van der Waals surface area contributed by atoms with Crippen LogP contribution in [0.5, 0.6) is 11.5 Å². The molecule has 5 nitrogen and oxygen atoms in total. The normalized spacial score (nSPS) is 11.7. The van der Waals surface area contributed by atoms with E-state index < -0.39 is 5.97 Å². The zero-order valence-corrected chi connectivity index (χ0v) is 19.2. The first kappa shape index (κ1) is 24.1. The Morgan fingerprint density at radius 3 is 2.21 bits per heavy atom. The van der Waals surface area contributed by atoms with Crippen LogP contribution in [0.15, 0.2) is 78.9 Å². The summed E-state index contributed by atoms with van der Waals surface area (Å²) in [5, 5.41) is 12.2. The molecule has 0 radical (unpaired) electrons. The highest BCUT2D eigenvalue weighted by Crippen LogP contribution is 2.27. The van der Waals surface area contributed by atoms with Gasteiger partial charge in [-0.3, -0.25) is 9.59 Å². The van der Waals surface area contributed by atoms with Gasteiger partial charge in [0.25, 0.3) is 5.91 Å². The summed E-state index contributed by atoms with van der Waals surface area (Å²) in [4.78, 5) is 24.4. The number of aryl methyl sites for hydroxylation is 1. The molecule has 0 fully saturated rings. The Labute approximate surface area is 195 Å². The highest BCUT2D eigenvalue weighted by Gasteiger charge is 2.20. The van der Waals surface area contributed by atoms with E-state index in [4.69, 9.17) is 9.84 Å². The van der Waals surface area contributed by atoms with Gasteiger partial charge in [0.1, 0.15) is 11.5 Å². The summed E-state index contributed by atoms with van der Waals surface area (Å²) in [6, 6.07) is 24.7. The quantitative estimate of drug-likeness (QED) is 0.358. The van der Waals surface area contributed by atoms with E-state index in [1.54, 1.807) is 6.07 Å². The molecule has 0 aliphatic carbocycles. The first-order valence-electron chi connectivity index (χ1n) is 11.4. The number of ether oxygens (including phenoxy) is 1. The largest absolute Gasteiger partial charge is 0.481 e. The van der Waals surface area contributed by atoms with Gasteiger partial charge in [0.15, 0.2) is 0 Å². The van der Waals surface area contributed by atoms with Crippen LogP contribution < -0.4 is 10.1 Å². The van der Waals surface area contributed by atoms with Crippen molar-refractivity contribution in [3.63, 3.8) is 0 Å². The molecule has 1 atom stereocenters. The van der Waals surface area contributed by atoms with Crippen molar-refractivity contribution in [2.24, 2.45) is 5.92 Å². The van der Waals surface area contributed by atoms with Gasteiger partial charge in [0, 0.05) is 12.0 Å². The van der Waals surface area contributed by atoms with Crippen molar-refractivity contribution < 1.29 is 19.4 Å². The lowest BCUT2D eigenvalue weighted by atomic mass is 9.95. The molecule has 0 bridgehead atoms. The number of amides is 1. The zero-order valence-electron chi connectivity index (χ0n) is 19.2. The first-order chi connectivity index (χ1) is 15.9. The number of nitrogens with one attached hydrogen (secondary N) is 1. The van der Waals surface area contributed by atoms with Crippen LogP contribution in [0.4, 0.5) is 0 Å². The molecule has 3 aromatic carbocycles. The van der Waals surface area contributed by atoms with Gasteiger partial charge in [-0.05, 0) is 60.6 Å². The molecule has 0 aliphatic heterocycles. The molecule has 1 amide bonds. The van der Waals surface area contributed by atoms with E-state index in [-0.39, 0.29) is 18.4 Å². The Balaban J connectivity index is 1.87. The maximum Gasteiger partial charge on any atom is 0.303 e. The van der Waals surface area contributed by atoms with E-state index in [1.165, 1.54) is 0 Å². The number of carbonyl (C=O) groups is 2. The number of benzene rings is 3. The minimum Gasteiger partial charge on any atom is -0.481 e. The van der Waals surface area contributed by atoms with Crippen LogP contribution in [0.25, 0.3) is 0 Å². The van der Waals surface area contributed by atoms with Crippen LogP contribution in [0.2, 0.25) is 0 Å². The molecule has 33 heavy (non-hydrogen) atoms. The first-order valence-corrected chi connectivity index (χ1v) is 11.4. The number of carboxylic acid groups (broad SMARTS) is 1. The number of hydrogen-bond donors (Lipinski definition) is 2. The van der Waals surface area contributed by atoms with E-state index in [2.05, 4.69) is 19.2 Å². The number of para-hydroxylation sites is 1. The third-order valence-corrected chi connectivity index (χ3v) is 5.36. The standard InChI is InChI=1S/C28H31NO4/c1-20(2)18-26(22-10-5-3-6-11-22)29-28(32)25-19-24(33-23-13-7-4-8-14-23)17-16-21(25)12-9-15-27(30)31/h3-8,10-11,13-14,16-17,19-20,26H,9,12,15,18H2,1-2H3,(H,29,32)(H,30,31). The fourth-order valence-electron chi connectivity index (χ4n) is 3.77. The Kier molecular flexibility index (Phi) is 8.64. The van der Waals surface area contributed by atoms with E-state index in [0.717, 1.165) is 17.5 Å². The molecule has 3 rings (SSSR count). The summed E-state index contributed by atoms with van der Waals surface area (Å²) in [7, 11) is 0. The summed E-state index contributed by atoms with van der Waals surface area (Å²) in [5.41, 5.74) is 2.38. The topological polar surface area (TPSA) is 75.6 Å². The van der Waals surface area contributed by atoms with Crippen LogP contribution in [-0.2, 0) is 11.2 Å². The van der Waals surface area contributed by atoms with Gasteiger partial charge in [-0.2, -0.15) is 0 Å². The lowest BCUT2D eigenvalue weighted by Crippen LogP contribution is -2.30. The fraction of sp³-hybridized carbons (Fsp3) is 0.286. The molecule has 2 N–H and O–H groups in total. The van der Waals surface area contributed by atoms with Crippen molar-refractivity contribution in [1.29, 1.82) is 0 Å². The van der Waals surface area contributed by atoms with Crippen LogP contribution in [-0.4, -0.2) is 17.0 Å². The van der Waals surface area contributed by atoms with Crippen molar-refractivity contribution in [3.05, 3.63) is 95.6 Å². The number of aliphatic carboxylic acids is 1. The predicted octanol–water partition coefficient (Wildman–Crippen LogP) is 6.40. The highest BCUT2D eigenvalue weighted by molar-refractivity contribution is 5.96. The average molecular weight is 446 g/mol. The van der Waals surface area contributed by atoms with Gasteiger partial charge in [-0.15, -0.1) is 0 Å². The Hall–Kier alpha value is -3.60. The molecule has 0 aromatic heterocycles. The van der Waals surface area contributed by atoms with Crippen molar-refractivity contribution in [2.75, 3.05) is 0 Å². The Bertz CT molecular complexity index is 1050. The number of carboxylic acids is 1. The van der Waals surface area contributed by atoms with Gasteiger partial charge < -0.3 is 15.2 Å². The smallest absolute Gasteiger partial charge is 0.303 e. The molecule has 0 spiro atoms. The minimum absolute atomic E-state index is 0.0588. The second-order valence-electron chi connectivity index (χ2n) is 8.55. The lowest BCUT2D eigenvalue weighted by molar-refractivity contribution is -0.137. The highest BCUT2D eigenvalue weighted by atomic mass is 16.5. The van der Waals surface area contributed by atoms with Crippen LogP contribution in [0.1, 0.15) is 60.6 Å². The molecule has 0 saturated carbocycles. The van der Waals surface area contributed by atoms with E-state index in [9.17, 15) is 9.59 Å². The zero-order chi connectivity index (χ0) is 23.6. The molecule has 3 aromatic rings. The SMILES string of the molecule is CC(C)CC(NC(=O)c1cc(Oc2ccccc2)ccc1CCCC(=O)O)c1ccccc1. The summed E-state index contributed by atoms with van der Waals surface area (Å²) in [6.45, 7) is 4.27. The fourth-order valence-corrected chi connectivity index (χ4v) is 3.77. The van der Waals surface area contributed by atoms with Crippen molar-refractivity contribution in [2.45, 2.75) is 45.6 Å². The maximum absolute atomic E-state index is 13.4. The van der Waals surface area contributed by atoms with E-state index >= 15 is 0 Å². The van der Waals surface area contributed by atoms with Crippen LogP contribution >= 0.6 is 0 Å². The molecule has 172 valence electrons. The number of carbonyl (C=O) groups excluding carboxylic acids is 1. The molecule has 5 heteroatoms. The summed E-state index contributed by atoms with van der Waals surface area (Å²) in [6.07, 6.45) is 1.83. The summed E-state index contributed by atoms with van der Waals surface area (Å²) >= 11 is 0. The van der Waals surface area contributed by atoms with Crippen LogP contribution in [0.3, 0.4) is 0 Å². The van der Waals surface area contributed by atoms with Gasteiger partial charge in [0.05, 0.1) is 6.04 Å². The van der Waals surface area contributed by atoms with Gasteiger partial charge >= 0.3 is 5.97 Å². The molecular weight excluding hydrogens is 414 g/mol. The van der Waals surface area contributed by atoms with Crippen molar-refractivity contribution in [3.8, 4) is 11.5 Å². The molecular formula is C28H31NO4. The molecule has 0 aliphatic rings. The van der Waals surface area contributed by atoms with Crippen LogP contribution in [0, 0.1) is 5.92 Å². The minimum atomic E-state index is -0.842. The second-order valence-corrected chi connectivity index (χ2v) is 8.55. The van der Waals surface area contributed by atoms with Gasteiger partial charge in [0.2, 0.25) is 0 Å². The molecule has 0 saturated heterocycles.